The van der Waals surface area contributed by atoms with E-state index in [1.807, 2.05) is 0 Å². The molecule has 0 fully saturated rings. The zero-order valence-corrected chi connectivity index (χ0v) is 11.3. The molecule has 116 valence electrons. The fourth-order valence-corrected chi connectivity index (χ4v) is 1.60. The number of carbonyl (C=O) groups excluding carboxylic acids is 1. The van der Waals surface area contributed by atoms with Crippen LogP contribution in [-0.4, -0.2) is 39.5 Å². The Labute approximate surface area is 118 Å². The smallest absolute Gasteiger partial charge is 0.257 e. The monoisotopic (exact) mass is 305 g/mol. The van der Waals surface area contributed by atoms with E-state index in [2.05, 4.69) is 5.16 Å². The molecule has 0 aliphatic heterocycles. The first-order valence-electron chi connectivity index (χ1n) is 5.84. The quantitative estimate of drug-likeness (QED) is 0.257. The fraction of sp³-hybridized carbons (Fsp3) is 0.333. The third-order valence-electron chi connectivity index (χ3n) is 2.71. The van der Waals surface area contributed by atoms with Gasteiger partial charge in [-0.3, -0.25) is 4.79 Å². The molecule has 0 aliphatic carbocycles. The molecule has 1 aromatic carbocycles. The molecule has 0 heterocycles. The molecule has 0 unspecified atom stereocenters. The summed E-state index contributed by atoms with van der Waals surface area (Å²) in [6.07, 6.45) is 0. The van der Waals surface area contributed by atoms with Gasteiger partial charge in [0, 0.05) is 6.04 Å². The Bertz CT molecular complexity index is 591. The van der Waals surface area contributed by atoms with Gasteiger partial charge in [0.15, 0.2) is 23.2 Å². The Balaban J connectivity index is 3.28. The molecule has 0 saturated heterocycles. The summed E-state index contributed by atoms with van der Waals surface area (Å²) in [5.41, 5.74) is 4.42. The predicted molar refractivity (Wildman–Crippen MR) is 67.6 cm³/mol. The molecular weight excluding hydrogens is 291 g/mol. The summed E-state index contributed by atoms with van der Waals surface area (Å²) in [6.45, 7) is 2.76. The Morgan fingerprint density at radius 1 is 1.38 bits per heavy atom. The van der Waals surface area contributed by atoms with Crippen LogP contribution in [0.2, 0.25) is 0 Å². The highest BCUT2D eigenvalue weighted by Crippen LogP contribution is 2.27. The molecule has 9 heteroatoms. The molecule has 4 N–H and O–H groups in total. The number of amides is 1. The van der Waals surface area contributed by atoms with Crippen molar-refractivity contribution < 1.29 is 28.3 Å². The summed E-state index contributed by atoms with van der Waals surface area (Å²) in [5.74, 6) is -7.87. The van der Waals surface area contributed by atoms with Gasteiger partial charge in [0.25, 0.3) is 5.91 Å². The van der Waals surface area contributed by atoms with Gasteiger partial charge in [-0.1, -0.05) is 5.16 Å². The Morgan fingerprint density at radius 2 is 1.95 bits per heavy atom. The molecule has 0 atom stereocenters. The van der Waals surface area contributed by atoms with Crippen molar-refractivity contribution in [3.05, 3.63) is 29.1 Å². The van der Waals surface area contributed by atoms with Crippen LogP contribution in [0.25, 0.3) is 0 Å². The van der Waals surface area contributed by atoms with Crippen molar-refractivity contribution in [2.45, 2.75) is 19.9 Å². The average Bonchev–Trinajstić information content (AvgIpc) is 2.44. The highest BCUT2D eigenvalue weighted by atomic mass is 19.2. The zero-order chi connectivity index (χ0) is 16.3. The van der Waals surface area contributed by atoms with Crippen molar-refractivity contribution >= 4 is 11.7 Å². The van der Waals surface area contributed by atoms with Crippen molar-refractivity contribution in [1.82, 2.24) is 4.90 Å². The number of halogens is 3. The number of rotatable bonds is 4. The number of carbonyl (C=O) groups is 1. The molecule has 0 radical (unpaired) electrons. The first kappa shape index (κ1) is 16.6. The van der Waals surface area contributed by atoms with E-state index in [4.69, 9.17) is 16.0 Å². The molecular formula is C12H14F3N3O3. The van der Waals surface area contributed by atoms with E-state index >= 15 is 0 Å². The van der Waals surface area contributed by atoms with Crippen LogP contribution in [0.1, 0.15) is 24.2 Å². The minimum absolute atomic E-state index is 0.329. The summed E-state index contributed by atoms with van der Waals surface area (Å²) in [5, 5.41) is 20.3. The maximum absolute atomic E-state index is 13.7. The van der Waals surface area contributed by atoms with E-state index in [0.717, 1.165) is 4.90 Å². The number of hydrogen-bond donors (Lipinski definition) is 3. The van der Waals surface area contributed by atoms with E-state index in [1.54, 1.807) is 13.8 Å². The number of aromatic hydroxyl groups is 1. The van der Waals surface area contributed by atoms with E-state index in [0.29, 0.717) is 6.07 Å². The van der Waals surface area contributed by atoms with Gasteiger partial charge in [0.05, 0.1) is 12.1 Å². The van der Waals surface area contributed by atoms with Crippen LogP contribution in [0.4, 0.5) is 13.2 Å². The molecule has 6 nitrogen and oxygen atoms in total. The highest BCUT2D eigenvalue weighted by Gasteiger charge is 2.27. The van der Waals surface area contributed by atoms with Crippen molar-refractivity contribution in [1.29, 1.82) is 0 Å². The summed E-state index contributed by atoms with van der Waals surface area (Å²) in [6, 6.07) is -0.165. The molecule has 1 rings (SSSR count). The maximum Gasteiger partial charge on any atom is 0.257 e. The normalized spacial score (nSPS) is 11.8. The first-order chi connectivity index (χ1) is 9.70. The minimum Gasteiger partial charge on any atom is -0.503 e. The van der Waals surface area contributed by atoms with Gasteiger partial charge >= 0.3 is 0 Å². The topological polar surface area (TPSA) is 99.1 Å². The number of nitrogens with zero attached hydrogens (tertiary/aromatic N) is 2. The second-order valence-electron chi connectivity index (χ2n) is 4.50. The molecule has 1 amide bonds. The molecule has 0 bridgehead atoms. The van der Waals surface area contributed by atoms with Gasteiger partial charge in [-0.2, -0.15) is 4.39 Å². The largest absolute Gasteiger partial charge is 0.503 e. The van der Waals surface area contributed by atoms with E-state index in [1.165, 1.54) is 0 Å². The van der Waals surface area contributed by atoms with Gasteiger partial charge < -0.3 is 20.9 Å². The van der Waals surface area contributed by atoms with Crippen molar-refractivity contribution in [2.75, 3.05) is 6.54 Å². The summed E-state index contributed by atoms with van der Waals surface area (Å²) in [7, 11) is 0. The molecule has 0 aromatic heterocycles. The van der Waals surface area contributed by atoms with E-state index in [9.17, 15) is 18.0 Å². The number of phenols is 1. The number of hydrogen-bond acceptors (Lipinski definition) is 4. The summed E-state index contributed by atoms with van der Waals surface area (Å²) < 4.78 is 39.9. The molecule has 1 aromatic rings. The summed E-state index contributed by atoms with van der Waals surface area (Å²) >= 11 is 0. The zero-order valence-electron chi connectivity index (χ0n) is 11.3. The predicted octanol–water partition coefficient (Wildman–Crippen LogP) is 1.41. The standard InChI is InChI=1S/C12H14F3N3O3/c1-5(2)18(4-8(16)17-21)12(20)6-3-7(13)10(15)11(19)9(6)14/h3,5,19,21H,4H2,1-2H3,(H2,16,17). The third-order valence-corrected chi connectivity index (χ3v) is 2.71. The lowest BCUT2D eigenvalue weighted by molar-refractivity contribution is 0.0727. The van der Waals surface area contributed by atoms with E-state index < -0.39 is 40.7 Å². The van der Waals surface area contributed by atoms with Crippen molar-refractivity contribution in [3.8, 4) is 5.75 Å². The van der Waals surface area contributed by atoms with Crippen LogP contribution >= 0.6 is 0 Å². The number of oxime groups is 1. The van der Waals surface area contributed by atoms with Gasteiger partial charge in [-0.15, -0.1) is 0 Å². The Hall–Kier alpha value is -2.45. The molecule has 0 spiro atoms. The number of nitrogens with two attached hydrogens (primary N) is 1. The second-order valence-corrected chi connectivity index (χ2v) is 4.50. The van der Waals surface area contributed by atoms with Crippen LogP contribution in [0.3, 0.4) is 0 Å². The number of benzene rings is 1. The number of amidine groups is 1. The van der Waals surface area contributed by atoms with Crippen LogP contribution in [0.5, 0.6) is 5.75 Å². The van der Waals surface area contributed by atoms with Crippen molar-refractivity contribution in [3.63, 3.8) is 0 Å². The van der Waals surface area contributed by atoms with Gasteiger partial charge in [0.2, 0.25) is 5.82 Å². The van der Waals surface area contributed by atoms with Crippen molar-refractivity contribution in [2.24, 2.45) is 10.9 Å². The SMILES string of the molecule is CC(C)N(CC(N)=NO)C(=O)c1cc(F)c(F)c(O)c1F. The molecule has 0 saturated carbocycles. The minimum atomic E-state index is -1.78. The average molecular weight is 305 g/mol. The Morgan fingerprint density at radius 3 is 2.43 bits per heavy atom. The van der Waals surface area contributed by atoms with Crippen LogP contribution in [0.15, 0.2) is 11.2 Å². The van der Waals surface area contributed by atoms with Crippen LogP contribution < -0.4 is 5.73 Å². The second kappa shape index (κ2) is 6.33. The maximum atomic E-state index is 13.7. The lowest BCUT2D eigenvalue weighted by atomic mass is 10.1. The summed E-state index contributed by atoms with van der Waals surface area (Å²) in [4.78, 5) is 13.1. The van der Waals surface area contributed by atoms with Crippen LogP contribution in [0, 0.1) is 17.5 Å². The van der Waals surface area contributed by atoms with Gasteiger partial charge in [-0.05, 0) is 19.9 Å². The lowest BCUT2D eigenvalue weighted by Gasteiger charge is -2.26. The first-order valence-corrected chi connectivity index (χ1v) is 5.84. The highest BCUT2D eigenvalue weighted by molar-refractivity contribution is 5.97. The van der Waals surface area contributed by atoms with E-state index in [-0.39, 0.29) is 12.4 Å². The molecule has 0 aliphatic rings. The Kier molecular flexibility index (Phi) is 5.01. The third kappa shape index (κ3) is 3.36. The van der Waals surface area contributed by atoms with Gasteiger partial charge in [-0.25, -0.2) is 8.78 Å². The fourth-order valence-electron chi connectivity index (χ4n) is 1.60. The lowest BCUT2D eigenvalue weighted by Crippen LogP contribution is -2.43. The van der Waals surface area contributed by atoms with Gasteiger partial charge in [0.1, 0.15) is 0 Å². The number of phenolic OH excluding ortho intramolecular Hbond substituents is 1. The molecule has 21 heavy (non-hydrogen) atoms. The van der Waals surface area contributed by atoms with Crippen LogP contribution in [-0.2, 0) is 0 Å².